The molecule has 1 rings (SSSR count). The lowest BCUT2D eigenvalue weighted by Gasteiger charge is -2.20. The highest BCUT2D eigenvalue weighted by Gasteiger charge is 2.19. The summed E-state index contributed by atoms with van der Waals surface area (Å²) in [5, 5.41) is 13.1. The molecule has 2 atom stereocenters. The maximum absolute atomic E-state index is 11.9. The monoisotopic (exact) mass is 433 g/mol. The fraction of sp³-hybridized carbons (Fsp3) is 0.500. The number of nitrogens with one attached hydrogen (secondary N) is 3. The van der Waals surface area contributed by atoms with Gasteiger partial charge in [0.15, 0.2) is 0 Å². The van der Waals surface area contributed by atoms with E-state index in [0.717, 1.165) is 11.1 Å². The number of amides is 2. The van der Waals surface area contributed by atoms with Crippen LogP contribution in [0.2, 0.25) is 0 Å². The summed E-state index contributed by atoms with van der Waals surface area (Å²) >= 11 is 0. The van der Waals surface area contributed by atoms with Crippen LogP contribution in [0, 0.1) is 5.41 Å². The molecular weight excluding hydrogens is 398 g/mol. The molecule has 0 aliphatic heterocycles. The molecule has 0 fully saturated rings. The number of rotatable bonds is 11. The van der Waals surface area contributed by atoms with Gasteiger partial charge in [-0.3, -0.25) is 10.2 Å². The molecule has 0 aliphatic carbocycles. The fourth-order valence-corrected chi connectivity index (χ4v) is 2.62. The topological polar surface area (TPSA) is 153 Å². The summed E-state index contributed by atoms with van der Waals surface area (Å²) in [5.41, 5.74) is 12.4. The van der Waals surface area contributed by atoms with E-state index in [9.17, 15) is 9.59 Å². The van der Waals surface area contributed by atoms with Crippen LogP contribution in [0.3, 0.4) is 0 Å². The van der Waals surface area contributed by atoms with Crippen molar-refractivity contribution >= 4 is 17.8 Å². The van der Waals surface area contributed by atoms with Gasteiger partial charge >= 0.3 is 6.09 Å². The summed E-state index contributed by atoms with van der Waals surface area (Å²) in [6, 6.07) is 4.23. The quantitative estimate of drug-likeness (QED) is 0.155. The molecular formula is C22H35N5O4. The third-order valence-corrected chi connectivity index (χ3v) is 4.06. The molecule has 7 N–H and O–H groups in total. The number of ether oxygens (including phenoxy) is 2. The summed E-state index contributed by atoms with van der Waals surface area (Å²) in [6.07, 6.45) is 2.17. The van der Waals surface area contributed by atoms with Crippen LogP contribution in [0.25, 0.3) is 0 Å². The number of nitrogens with two attached hydrogens (primary N) is 2. The number of amidine groups is 1. The minimum atomic E-state index is -0.691. The molecule has 172 valence electrons. The molecule has 1 aromatic rings. The Morgan fingerprint density at radius 3 is 2.55 bits per heavy atom. The van der Waals surface area contributed by atoms with Crippen LogP contribution >= 0.6 is 0 Å². The van der Waals surface area contributed by atoms with Crippen LogP contribution in [0.15, 0.2) is 30.9 Å². The average molecular weight is 434 g/mol. The number of benzene rings is 1. The van der Waals surface area contributed by atoms with Crippen molar-refractivity contribution in [2.75, 3.05) is 13.2 Å². The Kier molecular flexibility index (Phi) is 10.0. The van der Waals surface area contributed by atoms with E-state index < -0.39 is 23.8 Å². The van der Waals surface area contributed by atoms with Gasteiger partial charge in [0.2, 0.25) is 5.91 Å². The number of hydrogen-bond donors (Lipinski definition) is 5. The van der Waals surface area contributed by atoms with Crippen molar-refractivity contribution in [1.29, 1.82) is 5.41 Å². The van der Waals surface area contributed by atoms with Gasteiger partial charge in [-0.25, -0.2) is 4.79 Å². The van der Waals surface area contributed by atoms with Crippen molar-refractivity contribution in [1.82, 2.24) is 10.6 Å². The van der Waals surface area contributed by atoms with Gasteiger partial charge in [0.1, 0.15) is 23.8 Å². The van der Waals surface area contributed by atoms with Crippen LogP contribution < -0.4 is 26.8 Å². The fourth-order valence-electron chi connectivity index (χ4n) is 2.62. The smallest absolute Gasteiger partial charge is 0.407 e. The first-order chi connectivity index (χ1) is 14.4. The van der Waals surface area contributed by atoms with Gasteiger partial charge in [-0.1, -0.05) is 18.2 Å². The number of allylic oxidation sites excluding steroid dienone is 1. The van der Waals surface area contributed by atoms with Crippen LogP contribution in [0.4, 0.5) is 4.79 Å². The molecule has 9 nitrogen and oxygen atoms in total. The molecule has 0 unspecified atom stereocenters. The van der Waals surface area contributed by atoms with Crippen LogP contribution in [0.5, 0.6) is 5.75 Å². The van der Waals surface area contributed by atoms with Crippen molar-refractivity contribution in [2.45, 2.75) is 58.2 Å². The maximum atomic E-state index is 11.9. The lowest BCUT2D eigenvalue weighted by atomic mass is 10.0. The molecule has 31 heavy (non-hydrogen) atoms. The highest BCUT2D eigenvalue weighted by molar-refractivity contribution is 5.90. The summed E-state index contributed by atoms with van der Waals surface area (Å²) in [7, 11) is 0. The number of alkyl carbamates (subject to hydrolysis) is 1. The summed E-state index contributed by atoms with van der Waals surface area (Å²) < 4.78 is 11.0. The summed E-state index contributed by atoms with van der Waals surface area (Å²) in [4.78, 5) is 23.6. The third-order valence-electron chi connectivity index (χ3n) is 4.06. The summed E-state index contributed by atoms with van der Waals surface area (Å²) in [6.45, 7) is 11.3. The van der Waals surface area contributed by atoms with Gasteiger partial charge in [-0.15, -0.1) is 6.58 Å². The van der Waals surface area contributed by atoms with E-state index in [1.165, 1.54) is 0 Å². The first-order valence-electron chi connectivity index (χ1n) is 10.1. The van der Waals surface area contributed by atoms with Crippen LogP contribution in [-0.2, 0) is 22.4 Å². The third kappa shape index (κ3) is 9.99. The number of carbonyl (C=O) groups excluding carboxylic acids is 2. The van der Waals surface area contributed by atoms with Crippen molar-refractivity contribution in [3.05, 3.63) is 42.0 Å². The Morgan fingerprint density at radius 2 is 2.00 bits per heavy atom. The Labute approximate surface area is 184 Å². The Hall–Kier alpha value is -3.07. The predicted molar refractivity (Wildman–Crippen MR) is 121 cm³/mol. The normalized spacial score (nSPS) is 12.9. The zero-order valence-corrected chi connectivity index (χ0v) is 18.8. The van der Waals surface area contributed by atoms with Gasteiger partial charge in [-0.2, -0.15) is 0 Å². The molecule has 0 radical (unpaired) electrons. The second-order valence-electron chi connectivity index (χ2n) is 8.22. The molecule has 0 saturated heterocycles. The largest absolute Gasteiger partial charge is 0.491 e. The minimum Gasteiger partial charge on any atom is -0.491 e. The minimum absolute atomic E-state index is 0.146. The molecule has 2 amide bonds. The van der Waals surface area contributed by atoms with E-state index in [4.69, 9.17) is 26.4 Å². The first-order valence-corrected chi connectivity index (χ1v) is 10.1. The van der Waals surface area contributed by atoms with Gasteiger partial charge in [0.25, 0.3) is 0 Å². The van der Waals surface area contributed by atoms with Crippen molar-refractivity contribution < 1.29 is 19.1 Å². The van der Waals surface area contributed by atoms with Gasteiger partial charge in [0.05, 0.1) is 18.6 Å². The molecule has 9 heteroatoms. The molecule has 0 bridgehead atoms. The maximum Gasteiger partial charge on any atom is 0.407 e. The molecule has 0 spiro atoms. The highest BCUT2D eigenvalue weighted by atomic mass is 16.6. The average Bonchev–Trinajstić information content (AvgIpc) is 2.64. The molecule has 0 heterocycles. The van der Waals surface area contributed by atoms with E-state index >= 15 is 0 Å². The molecule has 0 saturated carbocycles. The Bertz CT molecular complexity index is 787. The second-order valence-corrected chi connectivity index (χ2v) is 8.22. The van der Waals surface area contributed by atoms with Crippen molar-refractivity contribution in [3.8, 4) is 5.75 Å². The van der Waals surface area contributed by atoms with E-state index in [1.807, 2.05) is 18.2 Å². The first kappa shape index (κ1) is 26.0. The van der Waals surface area contributed by atoms with E-state index in [1.54, 1.807) is 33.8 Å². The van der Waals surface area contributed by atoms with E-state index in [2.05, 4.69) is 17.2 Å². The number of carbonyl (C=O) groups is 2. The lowest BCUT2D eigenvalue weighted by Crippen LogP contribution is -2.50. The van der Waals surface area contributed by atoms with E-state index in [-0.39, 0.29) is 18.3 Å². The highest BCUT2D eigenvalue weighted by Crippen LogP contribution is 2.22. The number of hydrogen-bond acceptors (Lipinski definition) is 6. The Balaban J connectivity index is 2.76. The van der Waals surface area contributed by atoms with Gasteiger partial charge in [0, 0.05) is 0 Å². The van der Waals surface area contributed by atoms with Gasteiger partial charge in [-0.05, 0) is 57.7 Å². The molecule has 0 aromatic heterocycles. The predicted octanol–water partition coefficient (Wildman–Crippen LogP) is 1.63. The zero-order chi connectivity index (χ0) is 23.6. The lowest BCUT2D eigenvalue weighted by molar-refractivity contribution is -0.122. The van der Waals surface area contributed by atoms with Crippen LogP contribution in [0.1, 0.15) is 38.8 Å². The van der Waals surface area contributed by atoms with Gasteiger partial charge < -0.3 is 31.6 Å². The van der Waals surface area contributed by atoms with Crippen LogP contribution in [-0.4, -0.2) is 48.7 Å². The summed E-state index contributed by atoms with van der Waals surface area (Å²) in [5.74, 6) is 0.144. The standard InChI is InChI=1S/C22H35N5O4/c1-6-7-16-12-15(13-17(19(24)25)27-20(28)14(2)23)8-9-18(16)30-11-10-26-21(29)31-22(3,4)5/h6,8-9,12,14,17H,1,7,10-11,13,23H2,2-5H3,(H3,24,25)(H,26,29)(H,27,28)/t14-,17-/m0/s1. The molecule has 1 aromatic carbocycles. The van der Waals surface area contributed by atoms with E-state index in [0.29, 0.717) is 25.1 Å². The molecule has 0 aliphatic rings. The SMILES string of the molecule is C=CCc1cc(C[C@H](NC(=O)[C@H](C)N)C(=N)N)ccc1OCCNC(=O)OC(C)(C)C. The Morgan fingerprint density at radius 1 is 1.32 bits per heavy atom. The van der Waals surface area contributed by atoms with Crippen molar-refractivity contribution in [3.63, 3.8) is 0 Å². The zero-order valence-electron chi connectivity index (χ0n) is 18.8. The van der Waals surface area contributed by atoms with Crippen molar-refractivity contribution in [2.24, 2.45) is 11.5 Å². The second kappa shape index (κ2) is 11.9.